The Morgan fingerprint density at radius 1 is 0.964 bits per heavy atom. The lowest BCUT2D eigenvalue weighted by Crippen LogP contribution is -2.18. The highest BCUT2D eigenvalue weighted by atomic mass is 79.9. The van der Waals surface area contributed by atoms with E-state index in [1.807, 2.05) is 36.4 Å². The zero-order valence-corrected chi connectivity index (χ0v) is 18.5. The third kappa shape index (κ3) is 5.67. The normalized spacial score (nSPS) is 11.5. The Bertz CT molecular complexity index is 1090. The smallest absolute Gasteiger partial charge is 0.276 e. The van der Waals surface area contributed by atoms with Crippen LogP contribution in [0.25, 0.3) is 0 Å². The number of hydrazone groups is 1. The van der Waals surface area contributed by atoms with Crippen LogP contribution in [0.4, 0.5) is 0 Å². The molecule has 0 spiro atoms. The molecule has 0 aliphatic rings. The molecule has 0 fully saturated rings. The summed E-state index contributed by atoms with van der Waals surface area (Å²) < 4.78 is 32.0. The molecule has 0 bridgehead atoms. The van der Waals surface area contributed by atoms with Crippen molar-refractivity contribution < 1.29 is 13.2 Å². The van der Waals surface area contributed by atoms with Crippen molar-refractivity contribution in [3.8, 4) is 5.75 Å². The molecule has 144 valence electrons. The van der Waals surface area contributed by atoms with Gasteiger partial charge in [0.1, 0.15) is 12.4 Å². The molecule has 28 heavy (non-hydrogen) atoms. The summed E-state index contributed by atoms with van der Waals surface area (Å²) in [6.07, 6.45) is 1.43. The van der Waals surface area contributed by atoms with Crippen LogP contribution in [0.1, 0.15) is 11.1 Å². The van der Waals surface area contributed by atoms with E-state index in [4.69, 9.17) is 4.74 Å². The second-order valence-corrected chi connectivity index (χ2v) is 9.20. The van der Waals surface area contributed by atoms with Gasteiger partial charge in [-0.05, 0) is 48.0 Å². The molecule has 0 saturated carbocycles. The lowest BCUT2D eigenvalue weighted by Gasteiger charge is -2.08. The monoisotopic (exact) mass is 522 g/mol. The van der Waals surface area contributed by atoms with E-state index >= 15 is 0 Å². The van der Waals surface area contributed by atoms with Crippen molar-refractivity contribution in [2.75, 3.05) is 0 Å². The molecule has 3 rings (SSSR count). The quantitative estimate of drug-likeness (QED) is 0.346. The van der Waals surface area contributed by atoms with Crippen LogP contribution in [-0.4, -0.2) is 14.6 Å². The van der Waals surface area contributed by atoms with Gasteiger partial charge in [0.2, 0.25) is 0 Å². The summed E-state index contributed by atoms with van der Waals surface area (Å²) in [5.41, 5.74) is 1.71. The average Bonchev–Trinajstić information content (AvgIpc) is 2.69. The van der Waals surface area contributed by atoms with Crippen molar-refractivity contribution in [1.29, 1.82) is 0 Å². The van der Waals surface area contributed by atoms with Gasteiger partial charge in [0, 0.05) is 14.5 Å². The SMILES string of the molecule is O=S(=O)(N/N=C/c1cc(OCc2cccc(Br)c2)ccc1Br)c1ccccc1. The molecule has 0 radical (unpaired) electrons. The Labute approximate surface area is 180 Å². The molecule has 1 N–H and O–H groups in total. The third-order valence-corrected chi connectivity index (χ3v) is 6.15. The molecule has 0 unspecified atom stereocenters. The van der Waals surface area contributed by atoms with Gasteiger partial charge < -0.3 is 4.74 Å². The maximum Gasteiger partial charge on any atom is 0.276 e. The number of ether oxygens (including phenoxy) is 1. The van der Waals surface area contributed by atoms with Gasteiger partial charge in [0.05, 0.1) is 11.1 Å². The zero-order valence-electron chi connectivity index (χ0n) is 14.5. The average molecular weight is 524 g/mol. The van der Waals surface area contributed by atoms with Crippen molar-refractivity contribution in [3.05, 3.63) is 92.9 Å². The second-order valence-electron chi connectivity index (χ2n) is 5.77. The molecule has 0 atom stereocenters. The third-order valence-electron chi connectivity index (χ3n) is 3.69. The van der Waals surface area contributed by atoms with Gasteiger partial charge in [-0.25, -0.2) is 4.83 Å². The fraction of sp³-hybridized carbons (Fsp3) is 0.0500. The first kappa shape index (κ1) is 20.6. The van der Waals surface area contributed by atoms with Crippen molar-refractivity contribution in [3.63, 3.8) is 0 Å². The lowest BCUT2D eigenvalue weighted by atomic mass is 10.2. The largest absolute Gasteiger partial charge is 0.489 e. The molecule has 0 aliphatic heterocycles. The van der Waals surface area contributed by atoms with Crippen LogP contribution >= 0.6 is 31.9 Å². The fourth-order valence-corrected chi connectivity index (χ4v) is 3.93. The minimum atomic E-state index is -3.70. The maximum atomic E-state index is 12.2. The van der Waals surface area contributed by atoms with Gasteiger partial charge in [0.25, 0.3) is 10.0 Å². The second kappa shape index (κ2) is 9.36. The predicted molar refractivity (Wildman–Crippen MR) is 117 cm³/mol. The molecular weight excluding hydrogens is 508 g/mol. The first-order chi connectivity index (χ1) is 13.4. The van der Waals surface area contributed by atoms with Crippen LogP contribution in [0.15, 0.2) is 91.7 Å². The predicted octanol–water partition coefficient (Wildman–Crippen LogP) is 5.10. The number of benzene rings is 3. The lowest BCUT2D eigenvalue weighted by molar-refractivity contribution is 0.306. The molecule has 3 aromatic carbocycles. The number of rotatable bonds is 7. The van der Waals surface area contributed by atoms with Crippen molar-refractivity contribution in [2.24, 2.45) is 5.10 Å². The first-order valence-corrected chi connectivity index (χ1v) is 11.3. The Morgan fingerprint density at radius 2 is 1.75 bits per heavy atom. The minimum absolute atomic E-state index is 0.150. The highest BCUT2D eigenvalue weighted by Gasteiger charge is 2.11. The van der Waals surface area contributed by atoms with Gasteiger partial charge >= 0.3 is 0 Å². The van der Waals surface area contributed by atoms with Crippen LogP contribution in [0, 0.1) is 0 Å². The Morgan fingerprint density at radius 3 is 2.50 bits per heavy atom. The van der Waals surface area contributed by atoms with E-state index < -0.39 is 10.0 Å². The number of nitrogens with one attached hydrogen (secondary N) is 1. The van der Waals surface area contributed by atoms with Gasteiger partial charge in [-0.15, -0.1) is 0 Å². The van der Waals surface area contributed by atoms with Gasteiger partial charge in [0.15, 0.2) is 0 Å². The van der Waals surface area contributed by atoms with E-state index in [0.717, 1.165) is 14.5 Å². The van der Waals surface area contributed by atoms with Crippen molar-refractivity contribution in [2.45, 2.75) is 11.5 Å². The zero-order chi connectivity index (χ0) is 20.0. The molecule has 8 heteroatoms. The van der Waals surface area contributed by atoms with Crippen LogP contribution < -0.4 is 9.57 Å². The van der Waals surface area contributed by atoms with Crippen LogP contribution in [0.3, 0.4) is 0 Å². The topological polar surface area (TPSA) is 67.8 Å². The van der Waals surface area contributed by atoms with E-state index in [2.05, 4.69) is 41.8 Å². The molecule has 0 amide bonds. The molecule has 0 aromatic heterocycles. The van der Waals surface area contributed by atoms with E-state index in [-0.39, 0.29) is 4.90 Å². The van der Waals surface area contributed by atoms with Gasteiger partial charge in [-0.2, -0.15) is 13.5 Å². The van der Waals surface area contributed by atoms with Gasteiger partial charge in [-0.1, -0.05) is 62.2 Å². The summed E-state index contributed by atoms with van der Waals surface area (Å²) in [4.78, 5) is 2.36. The van der Waals surface area contributed by atoms with Crippen LogP contribution in [0.2, 0.25) is 0 Å². The molecule has 0 saturated heterocycles. The van der Waals surface area contributed by atoms with Crippen molar-refractivity contribution in [1.82, 2.24) is 4.83 Å². The molecule has 5 nitrogen and oxygen atoms in total. The number of sulfonamides is 1. The summed E-state index contributed by atoms with van der Waals surface area (Å²) in [7, 11) is -3.70. The molecule has 0 heterocycles. The summed E-state index contributed by atoms with van der Waals surface area (Å²) in [5.74, 6) is 0.649. The van der Waals surface area contributed by atoms with E-state index in [0.29, 0.717) is 17.9 Å². The fourth-order valence-electron chi connectivity index (χ4n) is 2.32. The number of nitrogens with zero attached hydrogens (tertiary/aromatic N) is 1. The number of hydrogen-bond acceptors (Lipinski definition) is 4. The number of halogens is 2. The summed E-state index contributed by atoms with van der Waals surface area (Å²) >= 11 is 6.87. The van der Waals surface area contributed by atoms with Crippen LogP contribution in [-0.2, 0) is 16.6 Å². The van der Waals surface area contributed by atoms with E-state index in [9.17, 15) is 8.42 Å². The summed E-state index contributed by atoms with van der Waals surface area (Å²) in [6, 6.07) is 21.4. The Kier molecular flexibility index (Phi) is 6.88. The standard InChI is InChI=1S/C20H16Br2N2O3S/c21-17-6-4-5-15(11-17)14-27-18-9-10-20(22)16(12-18)13-23-24-28(25,26)19-7-2-1-3-8-19/h1-13,24H,14H2/b23-13+. The summed E-state index contributed by atoms with van der Waals surface area (Å²) in [5, 5.41) is 3.87. The number of hydrogen-bond donors (Lipinski definition) is 1. The Balaban J connectivity index is 1.68. The van der Waals surface area contributed by atoms with Gasteiger partial charge in [-0.3, -0.25) is 0 Å². The van der Waals surface area contributed by atoms with Crippen LogP contribution in [0.5, 0.6) is 5.75 Å². The highest BCUT2D eigenvalue weighted by molar-refractivity contribution is 9.10. The van der Waals surface area contributed by atoms with E-state index in [1.54, 1.807) is 24.3 Å². The maximum absolute atomic E-state index is 12.2. The molecule has 0 aliphatic carbocycles. The minimum Gasteiger partial charge on any atom is -0.489 e. The molecule has 3 aromatic rings. The van der Waals surface area contributed by atoms with E-state index in [1.165, 1.54) is 18.3 Å². The summed E-state index contributed by atoms with van der Waals surface area (Å²) in [6.45, 7) is 0.415. The highest BCUT2D eigenvalue weighted by Crippen LogP contribution is 2.22. The molecular formula is C20H16Br2N2O3S. The first-order valence-electron chi connectivity index (χ1n) is 8.21. The van der Waals surface area contributed by atoms with Crippen molar-refractivity contribution >= 4 is 48.1 Å². The Hall–Kier alpha value is -2.16.